The van der Waals surface area contributed by atoms with Gasteiger partial charge in [0.05, 0.1) is 4.92 Å². The molecule has 0 unspecified atom stereocenters. The Kier molecular flexibility index (Phi) is 4.92. The van der Waals surface area contributed by atoms with Crippen molar-refractivity contribution in [1.29, 1.82) is 0 Å². The molecule has 2 aromatic carbocycles. The van der Waals surface area contributed by atoms with Crippen LogP contribution in [-0.4, -0.2) is 16.8 Å². The van der Waals surface area contributed by atoms with Crippen LogP contribution >= 0.6 is 11.6 Å². The third-order valence-corrected chi connectivity index (χ3v) is 3.08. The number of carbonyl (C=O) groups excluding carboxylic acids is 2. The summed E-state index contributed by atoms with van der Waals surface area (Å²) in [5.74, 6) is -0.760. The largest absolute Gasteiger partial charge is 0.427 e. The van der Waals surface area contributed by atoms with Crippen molar-refractivity contribution in [1.82, 2.24) is 0 Å². The summed E-state index contributed by atoms with van der Waals surface area (Å²) in [6.07, 6.45) is 0. The molecule has 0 saturated carbocycles. The number of halogens is 1. The Balaban J connectivity index is 2.21. The molecule has 23 heavy (non-hydrogen) atoms. The maximum Gasteiger partial charge on any atom is 0.308 e. The average Bonchev–Trinajstić information content (AvgIpc) is 2.46. The molecule has 0 aliphatic rings. The zero-order chi connectivity index (χ0) is 17.0. The van der Waals surface area contributed by atoms with Crippen LogP contribution in [0.5, 0.6) is 5.75 Å². The van der Waals surface area contributed by atoms with Gasteiger partial charge in [-0.25, -0.2) is 0 Å². The minimum absolute atomic E-state index is 0.0524. The lowest BCUT2D eigenvalue weighted by Gasteiger charge is -2.07. The second kappa shape index (κ2) is 6.89. The van der Waals surface area contributed by atoms with Crippen LogP contribution < -0.4 is 10.1 Å². The number of nitro groups is 1. The number of carbonyl (C=O) groups is 2. The van der Waals surface area contributed by atoms with Crippen LogP contribution in [0, 0.1) is 10.1 Å². The number of amides is 1. The number of rotatable bonds is 4. The molecule has 2 rings (SSSR count). The molecule has 0 fully saturated rings. The van der Waals surface area contributed by atoms with E-state index in [1.807, 2.05) is 0 Å². The van der Waals surface area contributed by atoms with Crippen molar-refractivity contribution >= 4 is 34.9 Å². The highest BCUT2D eigenvalue weighted by Gasteiger charge is 2.16. The summed E-state index contributed by atoms with van der Waals surface area (Å²) >= 11 is 5.70. The molecule has 0 bridgehead atoms. The van der Waals surface area contributed by atoms with Crippen molar-refractivity contribution in [2.24, 2.45) is 0 Å². The van der Waals surface area contributed by atoms with E-state index < -0.39 is 16.8 Å². The maximum absolute atomic E-state index is 12.1. The molecule has 0 atom stereocenters. The minimum atomic E-state index is -0.666. The lowest BCUT2D eigenvalue weighted by Crippen LogP contribution is -2.12. The summed E-state index contributed by atoms with van der Waals surface area (Å²) in [7, 11) is 0. The van der Waals surface area contributed by atoms with Crippen LogP contribution in [0.3, 0.4) is 0 Å². The van der Waals surface area contributed by atoms with Gasteiger partial charge in [0.1, 0.15) is 10.8 Å². The van der Waals surface area contributed by atoms with Gasteiger partial charge in [0.15, 0.2) is 0 Å². The number of benzene rings is 2. The van der Waals surface area contributed by atoms with E-state index in [2.05, 4.69) is 5.32 Å². The van der Waals surface area contributed by atoms with Gasteiger partial charge in [0, 0.05) is 30.3 Å². The molecule has 7 nitrogen and oxygen atoms in total. The summed E-state index contributed by atoms with van der Waals surface area (Å²) in [5.41, 5.74) is 0.110. The highest BCUT2D eigenvalue weighted by molar-refractivity contribution is 6.32. The predicted octanol–water partition coefficient (Wildman–Crippen LogP) is 3.43. The van der Waals surface area contributed by atoms with Crippen molar-refractivity contribution in [3.63, 3.8) is 0 Å². The van der Waals surface area contributed by atoms with Gasteiger partial charge >= 0.3 is 5.97 Å². The second-order valence-corrected chi connectivity index (χ2v) is 4.91. The lowest BCUT2D eigenvalue weighted by atomic mass is 10.2. The topological polar surface area (TPSA) is 98.5 Å². The SMILES string of the molecule is CC(=O)Oc1cccc(NC(=O)c2ccc(Cl)c([N+](=O)[O-])c2)c1. The Morgan fingerprint density at radius 2 is 1.96 bits per heavy atom. The lowest BCUT2D eigenvalue weighted by molar-refractivity contribution is -0.384. The van der Waals surface area contributed by atoms with Crippen molar-refractivity contribution in [3.8, 4) is 5.75 Å². The Morgan fingerprint density at radius 3 is 2.61 bits per heavy atom. The quantitative estimate of drug-likeness (QED) is 0.400. The number of nitrogens with zero attached hydrogens (tertiary/aromatic N) is 1. The number of hydrogen-bond donors (Lipinski definition) is 1. The van der Waals surface area contributed by atoms with E-state index in [0.29, 0.717) is 5.69 Å². The molecule has 1 amide bonds. The van der Waals surface area contributed by atoms with E-state index in [0.717, 1.165) is 6.07 Å². The highest BCUT2D eigenvalue weighted by atomic mass is 35.5. The molecule has 0 saturated heterocycles. The molecule has 2 aromatic rings. The molecule has 0 heterocycles. The zero-order valence-corrected chi connectivity index (χ0v) is 12.7. The van der Waals surface area contributed by atoms with Gasteiger partial charge < -0.3 is 10.1 Å². The van der Waals surface area contributed by atoms with E-state index in [1.165, 1.54) is 25.1 Å². The van der Waals surface area contributed by atoms with Crippen molar-refractivity contribution in [2.45, 2.75) is 6.92 Å². The number of ether oxygens (including phenoxy) is 1. The predicted molar refractivity (Wildman–Crippen MR) is 83.8 cm³/mol. The number of nitrogens with one attached hydrogen (secondary N) is 1. The molecule has 0 spiro atoms. The summed E-state index contributed by atoms with van der Waals surface area (Å²) in [6, 6.07) is 9.96. The van der Waals surface area contributed by atoms with Crippen LogP contribution in [0.25, 0.3) is 0 Å². The van der Waals surface area contributed by atoms with Crippen LogP contribution in [0.1, 0.15) is 17.3 Å². The maximum atomic E-state index is 12.1. The Morgan fingerprint density at radius 1 is 1.22 bits per heavy atom. The molecule has 0 aliphatic heterocycles. The van der Waals surface area contributed by atoms with Gasteiger partial charge in [-0.15, -0.1) is 0 Å². The smallest absolute Gasteiger partial charge is 0.308 e. The van der Waals surface area contributed by atoms with Gasteiger partial charge in [0.2, 0.25) is 0 Å². The third-order valence-electron chi connectivity index (χ3n) is 2.76. The van der Waals surface area contributed by atoms with E-state index in [1.54, 1.807) is 18.2 Å². The van der Waals surface area contributed by atoms with Crippen molar-refractivity contribution < 1.29 is 19.2 Å². The van der Waals surface area contributed by atoms with E-state index in [9.17, 15) is 19.7 Å². The van der Waals surface area contributed by atoms with E-state index in [4.69, 9.17) is 16.3 Å². The normalized spacial score (nSPS) is 10.0. The molecule has 8 heteroatoms. The fourth-order valence-electron chi connectivity index (χ4n) is 1.80. The summed E-state index contributed by atoms with van der Waals surface area (Å²) in [6.45, 7) is 1.26. The molecular weight excluding hydrogens is 324 g/mol. The number of hydrogen-bond acceptors (Lipinski definition) is 5. The van der Waals surface area contributed by atoms with Gasteiger partial charge in [-0.2, -0.15) is 0 Å². The summed E-state index contributed by atoms with van der Waals surface area (Å²) in [5, 5.41) is 13.4. The van der Waals surface area contributed by atoms with Crippen LogP contribution in [0.4, 0.5) is 11.4 Å². The first-order valence-corrected chi connectivity index (χ1v) is 6.78. The van der Waals surface area contributed by atoms with Crippen LogP contribution in [0.2, 0.25) is 5.02 Å². The Labute approximate surface area is 136 Å². The van der Waals surface area contributed by atoms with Crippen LogP contribution in [0.15, 0.2) is 42.5 Å². The number of esters is 1. The van der Waals surface area contributed by atoms with Gasteiger partial charge in [-0.05, 0) is 24.3 Å². The van der Waals surface area contributed by atoms with Gasteiger partial charge in [-0.1, -0.05) is 17.7 Å². The molecular formula is C15H11ClN2O5. The Bertz CT molecular complexity index is 791. The molecule has 118 valence electrons. The molecule has 0 aliphatic carbocycles. The minimum Gasteiger partial charge on any atom is -0.427 e. The van der Waals surface area contributed by atoms with E-state index in [-0.39, 0.29) is 22.0 Å². The van der Waals surface area contributed by atoms with Gasteiger partial charge in [-0.3, -0.25) is 19.7 Å². The summed E-state index contributed by atoms with van der Waals surface area (Å²) < 4.78 is 4.91. The summed E-state index contributed by atoms with van der Waals surface area (Å²) in [4.78, 5) is 33.2. The fourth-order valence-corrected chi connectivity index (χ4v) is 1.99. The van der Waals surface area contributed by atoms with Crippen LogP contribution in [-0.2, 0) is 4.79 Å². The highest BCUT2D eigenvalue weighted by Crippen LogP contribution is 2.26. The average molecular weight is 335 g/mol. The molecule has 1 N–H and O–H groups in total. The number of anilines is 1. The van der Waals surface area contributed by atoms with Gasteiger partial charge in [0.25, 0.3) is 11.6 Å². The molecule has 0 radical (unpaired) electrons. The van der Waals surface area contributed by atoms with E-state index >= 15 is 0 Å². The fraction of sp³-hybridized carbons (Fsp3) is 0.0667. The third kappa shape index (κ3) is 4.27. The number of nitro benzene ring substituents is 1. The molecule has 0 aromatic heterocycles. The van der Waals surface area contributed by atoms with Crippen molar-refractivity contribution in [3.05, 3.63) is 63.2 Å². The second-order valence-electron chi connectivity index (χ2n) is 4.50. The van der Waals surface area contributed by atoms with Crippen molar-refractivity contribution in [2.75, 3.05) is 5.32 Å². The Hall–Kier alpha value is -2.93. The zero-order valence-electron chi connectivity index (χ0n) is 11.9. The first-order valence-electron chi connectivity index (χ1n) is 6.40. The standard InChI is InChI=1S/C15H11ClN2O5/c1-9(19)23-12-4-2-3-11(8-12)17-15(20)10-5-6-13(16)14(7-10)18(21)22/h2-8H,1H3,(H,17,20). The monoisotopic (exact) mass is 334 g/mol. The first kappa shape index (κ1) is 16.4. The first-order chi connectivity index (χ1) is 10.9.